The standard InChI is InChI=1S/C19H19NO6S/c1-11-2-3-16-12(4-11)7-17(27-16)19(21)25-9-14-6-15(20(22)23)5-13-8-24-10-26-18(13)14/h5-7,11H,2-4,8-10H2,1H3/t11-/m0/s1. The largest absolute Gasteiger partial charge is 0.467 e. The van der Waals surface area contributed by atoms with Crippen molar-refractivity contribution in [2.24, 2.45) is 5.92 Å². The van der Waals surface area contributed by atoms with Crippen LogP contribution in [0.15, 0.2) is 18.2 Å². The molecule has 0 bridgehead atoms. The Morgan fingerprint density at radius 3 is 3.04 bits per heavy atom. The van der Waals surface area contributed by atoms with Crippen molar-refractivity contribution in [1.82, 2.24) is 0 Å². The maximum atomic E-state index is 12.5. The molecule has 1 aliphatic carbocycles. The number of nitrogens with zero attached hydrogens (tertiary/aromatic N) is 1. The Kier molecular flexibility index (Phi) is 4.84. The number of hydrogen-bond donors (Lipinski definition) is 0. The molecule has 1 atom stereocenters. The van der Waals surface area contributed by atoms with Crippen LogP contribution < -0.4 is 4.74 Å². The number of rotatable bonds is 4. The van der Waals surface area contributed by atoms with Gasteiger partial charge in [-0.1, -0.05) is 6.92 Å². The van der Waals surface area contributed by atoms with Crippen molar-refractivity contribution < 1.29 is 23.9 Å². The van der Waals surface area contributed by atoms with Gasteiger partial charge < -0.3 is 14.2 Å². The predicted octanol–water partition coefficient (Wildman–Crippen LogP) is 4.00. The topological polar surface area (TPSA) is 87.9 Å². The first-order chi connectivity index (χ1) is 13.0. The van der Waals surface area contributed by atoms with Crippen LogP contribution in [0.4, 0.5) is 5.69 Å². The Bertz CT molecular complexity index is 906. The molecule has 0 saturated carbocycles. The lowest BCUT2D eigenvalue weighted by molar-refractivity contribution is -0.385. The molecule has 0 unspecified atom stereocenters. The molecule has 7 nitrogen and oxygen atoms in total. The molecule has 142 valence electrons. The molecule has 2 aromatic rings. The summed E-state index contributed by atoms with van der Waals surface area (Å²) in [6, 6.07) is 4.73. The molecule has 2 aliphatic rings. The highest BCUT2D eigenvalue weighted by Crippen LogP contribution is 2.35. The first-order valence-corrected chi connectivity index (χ1v) is 9.62. The molecule has 4 rings (SSSR count). The van der Waals surface area contributed by atoms with Gasteiger partial charge in [0.05, 0.1) is 11.5 Å². The van der Waals surface area contributed by atoms with E-state index >= 15 is 0 Å². The van der Waals surface area contributed by atoms with Gasteiger partial charge >= 0.3 is 5.97 Å². The van der Waals surface area contributed by atoms with Crippen molar-refractivity contribution in [2.45, 2.75) is 39.4 Å². The number of aryl methyl sites for hydroxylation is 1. The summed E-state index contributed by atoms with van der Waals surface area (Å²) in [6.45, 7) is 2.44. The summed E-state index contributed by atoms with van der Waals surface area (Å²) in [5, 5.41) is 11.2. The van der Waals surface area contributed by atoms with Gasteiger partial charge in [0.2, 0.25) is 0 Å². The summed E-state index contributed by atoms with van der Waals surface area (Å²) >= 11 is 1.48. The second-order valence-electron chi connectivity index (χ2n) is 6.94. The molecule has 0 amide bonds. The number of carbonyl (C=O) groups is 1. The average Bonchev–Trinajstić information content (AvgIpc) is 3.08. The summed E-state index contributed by atoms with van der Waals surface area (Å²) in [5.41, 5.74) is 2.22. The fraction of sp³-hybridized carbons (Fsp3) is 0.421. The predicted molar refractivity (Wildman–Crippen MR) is 98.0 cm³/mol. The van der Waals surface area contributed by atoms with Crippen molar-refractivity contribution >= 4 is 23.0 Å². The monoisotopic (exact) mass is 389 g/mol. The van der Waals surface area contributed by atoms with E-state index in [-0.39, 0.29) is 25.7 Å². The van der Waals surface area contributed by atoms with Crippen molar-refractivity contribution in [2.75, 3.05) is 6.79 Å². The minimum absolute atomic E-state index is 0.0710. The van der Waals surface area contributed by atoms with Gasteiger partial charge in [-0.3, -0.25) is 10.1 Å². The second-order valence-corrected chi connectivity index (χ2v) is 8.08. The smallest absolute Gasteiger partial charge is 0.348 e. The second kappa shape index (κ2) is 7.28. The van der Waals surface area contributed by atoms with Crippen molar-refractivity contribution in [3.05, 3.63) is 54.8 Å². The number of thiophene rings is 1. The highest BCUT2D eigenvalue weighted by Gasteiger charge is 2.24. The minimum Gasteiger partial charge on any atom is -0.467 e. The van der Waals surface area contributed by atoms with Gasteiger partial charge in [0.15, 0.2) is 6.79 Å². The van der Waals surface area contributed by atoms with Crippen LogP contribution in [-0.2, 0) is 35.5 Å². The number of ether oxygens (including phenoxy) is 3. The lowest BCUT2D eigenvalue weighted by Gasteiger charge is -2.20. The Hall–Kier alpha value is -2.45. The van der Waals surface area contributed by atoms with E-state index in [2.05, 4.69) is 6.92 Å². The van der Waals surface area contributed by atoms with E-state index in [1.807, 2.05) is 6.07 Å². The number of carbonyl (C=O) groups excluding carboxylic acids is 1. The third-order valence-electron chi connectivity index (χ3n) is 4.87. The number of nitro benzene ring substituents is 1. The zero-order chi connectivity index (χ0) is 19.0. The van der Waals surface area contributed by atoms with Gasteiger partial charge in [-0.2, -0.15) is 0 Å². The Labute approximate surface area is 160 Å². The van der Waals surface area contributed by atoms with Crippen molar-refractivity contribution in [3.8, 4) is 5.75 Å². The summed E-state index contributed by atoms with van der Waals surface area (Å²) in [4.78, 5) is 25.0. The van der Waals surface area contributed by atoms with Gasteiger partial charge in [-0.05, 0) is 36.8 Å². The average molecular weight is 389 g/mol. The third kappa shape index (κ3) is 3.68. The van der Waals surface area contributed by atoms with E-state index in [9.17, 15) is 14.9 Å². The lowest BCUT2D eigenvalue weighted by Crippen LogP contribution is -2.14. The molecule has 1 aliphatic heterocycles. The van der Waals surface area contributed by atoms with Gasteiger partial charge in [0, 0.05) is 28.1 Å². The van der Waals surface area contributed by atoms with Crippen LogP contribution in [0.2, 0.25) is 0 Å². The molecule has 0 fully saturated rings. The summed E-state index contributed by atoms with van der Waals surface area (Å²) in [7, 11) is 0. The van der Waals surface area contributed by atoms with Gasteiger partial charge in [-0.15, -0.1) is 11.3 Å². The zero-order valence-corrected chi connectivity index (χ0v) is 15.7. The quantitative estimate of drug-likeness (QED) is 0.446. The maximum absolute atomic E-state index is 12.5. The Morgan fingerprint density at radius 2 is 2.22 bits per heavy atom. The van der Waals surface area contributed by atoms with Crippen LogP contribution in [0.5, 0.6) is 5.75 Å². The fourth-order valence-electron chi connectivity index (χ4n) is 3.51. The Balaban J connectivity index is 1.52. The SMILES string of the molecule is C[C@H]1CCc2sc(C(=O)OCc3cc([N+](=O)[O-])cc4c3OCOC4)cc2C1. The summed E-state index contributed by atoms with van der Waals surface area (Å²) in [5.74, 6) is 0.722. The number of esters is 1. The fourth-order valence-corrected chi connectivity index (χ4v) is 4.62. The van der Waals surface area contributed by atoms with E-state index < -0.39 is 10.9 Å². The molecule has 0 spiro atoms. The molecule has 0 radical (unpaired) electrons. The lowest BCUT2D eigenvalue weighted by atomic mass is 9.90. The normalized spacial score (nSPS) is 18.2. The minimum atomic E-state index is -0.477. The summed E-state index contributed by atoms with van der Waals surface area (Å²) < 4.78 is 16.1. The van der Waals surface area contributed by atoms with Crippen molar-refractivity contribution in [3.63, 3.8) is 0 Å². The molecule has 27 heavy (non-hydrogen) atoms. The van der Waals surface area contributed by atoms with E-state index in [4.69, 9.17) is 14.2 Å². The first-order valence-electron chi connectivity index (χ1n) is 8.80. The highest BCUT2D eigenvalue weighted by molar-refractivity contribution is 7.14. The number of benzene rings is 1. The summed E-state index contributed by atoms with van der Waals surface area (Å²) in [6.07, 6.45) is 3.13. The van der Waals surface area contributed by atoms with Crippen LogP contribution in [0.1, 0.15) is 44.6 Å². The van der Waals surface area contributed by atoms with Crippen LogP contribution >= 0.6 is 11.3 Å². The van der Waals surface area contributed by atoms with E-state index in [0.29, 0.717) is 27.7 Å². The Morgan fingerprint density at radius 1 is 1.37 bits per heavy atom. The first kappa shape index (κ1) is 17.9. The molecule has 0 saturated heterocycles. The number of fused-ring (bicyclic) bond motifs is 2. The van der Waals surface area contributed by atoms with Crippen molar-refractivity contribution in [1.29, 1.82) is 0 Å². The third-order valence-corrected chi connectivity index (χ3v) is 6.09. The molecule has 1 aromatic heterocycles. The van der Waals surface area contributed by atoms with Crippen LogP contribution in [0.3, 0.4) is 0 Å². The number of nitro groups is 1. The van der Waals surface area contributed by atoms with Gasteiger partial charge in [-0.25, -0.2) is 4.79 Å². The molecule has 8 heteroatoms. The molecular formula is C19H19NO6S. The highest BCUT2D eigenvalue weighted by atomic mass is 32.1. The number of non-ortho nitro benzene ring substituents is 1. The molecule has 0 N–H and O–H groups in total. The maximum Gasteiger partial charge on any atom is 0.348 e. The van der Waals surface area contributed by atoms with Crippen LogP contribution in [0.25, 0.3) is 0 Å². The van der Waals surface area contributed by atoms with E-state index in [0.717, 1.165) is 19.3 Å². The molecule has 2 heterocycles. The zero-order valence-electron chi connectivity index (χ0n) is 14.9. The van der Waals surface area contributed by atoms with E-state index in [1.165, 1.54) is 33.9 Å². The molecular weight excluding hydrogens is 370 g/mol. The van der Waals surface area contributed by atoms with Gasteiger partial charge in [0.1, 0.15) is 17.2 Å². The van der Waals surface area contributed by atoms with Crippen LogP contribution in [0, 0.1) is 16.0 Å². The number of hydrogen-bond acceptors (Lipinski definition) is 7. The molecule has 1 aromatic carbocycles. The van der Waals surface area contributed by atoms with Gasteiger partial charge in [0.25, 0.3) is 5.69 Å². The van der Waals surface area contributed by atoms with Crippen LogP contribution in [-0.4, -0.2) is 17.7 Å². The van der Waals surface area contributed by atoms with E-state index in [1.54, 1.807) is 0 Å².